The zero-order valence-electron chi connectivity index (χ0n) is 22.9. The molecule has 0 saturated carbocycles. The van der Waals surface area contributed by atoms with Crippen molar-refractivity contribution in [2.45, 2.75) is 6.92 Å². The van der Waals surface area contributed by atoms with Gasteiger partial charge in [0.2, 0.25) is 0 Å². The number of allylic oxidation sites excluding steroid dienone is 1. The van der Waals surface area contributed by atoms with Gasteiger partial charge in [-0.25, -0.2) is 0 Å². The van der Waals surface area contributed by atoms with Gasteiger partial charge in [-0.15, -0.1) is 0 Å². The minimum atomic E-state index is 0.885. The summed E-state index contributed by atoms with van der Waals surface area (Å²) >= 11 is 0. The van der Waals surface area contributed by atoms with Crippen LogP contribution in [0.1, 0.15) is 18.1 Å². The van der Waals surface area contributed by atoms with Gasteiger partial charge in [-0.05, 0) is 77.0 Å². The van der Waals surface area contributed by atoms with Crippen LogP contribution in [0.5, 0.6) is 0 Å². The van der Waals surface area contributed by atoms with E-state index in [4.69, 9.17) is 4.42 Å². The highest BCUT2D eigenvalue weighted by atomic mass is 16.3. The molecule has 0 fully saturated rings. The van der Waals surface area contributed by atoms with Crippen LogP contribution in [0.2, 0.25) is 0 Å². The zero-order valence-corrected chi connectivity index (χ0v) is 22.9. The van der Waals surface area contributed by atoms with Crippen molar-refractivity contribution in [3.8, 4) is 11.1 Å². The van der Waals surface area contributed by atoms with E-state index in [-0.39, 0.29) is 0 Å². The summed E-state index contributed by atoms with van der Waals surface area (Å²) in [5.41, 5.74) is 9.71. The molecule has 0 atom stereocenters. The van der Waals surface area contributed by atoms with E-state index in [1.807, 2.05) is 18.2 Å². The molecule has 0 aliphatic heterocycles. The molecule has 0 radical (unpaired) electrons. The van der Waals surface area contributed by atoms with Crippen LogP contribution in [0, 0.1) is 0 Å². The lowest BCUT2D eigenvalue weighted by atomic mass is 9.95. The fraction of sp³-hybridized carbons (Fsp3) is 0.0256. The van der Waals surface area contributed by atoms with Crippen molar-refractivity contribution in [3.05, 3.63) is 151 Å². The number of para-hydroxylation sites is 1. The van der Waals surface area contributed by atoms with E-state index in [1.165, 1.54) is 21.9 Å². The zero-order chi connectivity index (χ0) is 27.8. The second-order valence-electron chi connectivity index (χ2n) is 10.2. The molecular formula is C39H29NO. The largest absolute Gasteiger partial charge is 0.456 e. The molecule has 0 N–H and O–H groups in total. The van der Waals surface area contributed by atoms with Crippen LogP contribution >= 0.6 is 0 Å². The molecule has 0 unspecified atom stereocenters. The number of fused-ring (bicyclic) bond motifs is 4. The maximum atomic E-state index is 6.18. The van der Waals surface area contributed by atoms with Gasteiger partial charge in [0.1, 0.15) is 11.2 Å². The normalized spacial score (nSPS) is 11.5. The van der Waals surface area contributed by atoms with Crippen molar-refractivity contribution in [3.63, 3.8) is 0 Å². The number of nitrogens with zero attached hydrogens (tertiary/aromatic N) is 1. The number of furan rings is 1. The van der Waals surface area contributed by atoms with Crippen LogP contribution in [0.15, 0.2) is 144 Å². The van der Waals surface area contributed by atoms with Gasteiger partial charge in [0.25, 0.3) is 0 Å². The summed E-state index contributed by atoms with van der Waals surface area (Å²) in [5.74, 6) is 0. The van der Waals surface area contributed by atoms with Crippen LogP contribution in [-0.2, 0) is 0 Å². The average molecular weight is 528 g/mol. The molecule has 0 spiro atoms. The first kappa shape index (κ1) is 24.7. The number of benzene rings is 6. The molecule has 0 saturated heterocycles. The summed E-state index contributed by atoms with van der Waals surface area (Å²) in [4.78, 5) is 2.36. The van der Waals surface area contributed by atoms with E-state index in [1.54, 1.807) is 0 Å². The second kappa shape index (κ2) is 10.3. The van der Waals surface area contributed by atoms with Gasteiger partial charge in [0, 0.05) is 27.5 Å². The minimum absolute atomic E-state index is 0.885. The topological polar surface area (TPSA) is 16.4 Å². The molecular weight excluding hydrogens is 498 g/mol. The van der Waals surface area contributed by atoms with Crippen LogP contribution in [0.3, 0.4) is 0 Å². The predicted molar refractivity (Wildman–Crippen MR) is 176 cm³/mol. The minimum Gasteiger partial charge on any atom is -0.456 e. The Morgan fingerprint density at radius 1 is 0.585 bits per heavy atom. The summed E-state index contributed by atoms with van der Waals surface area (Å²) in [6, 6.07) is 44.9. The first-order valence-corrected chi connectivity index (χ1v) is 13.9. The molecule has 7 rings (SSSR count). The third-order valence-corrected chi connectivity index (χ3v) is 7.74. The van der Waals surface area contributed by atoms with Gasteiger partial charge in [-0.1, -0.05) is 110 Å². The van der Waals surface area contributed by atoms with Crippen LogP contribution in [-0.4, -0.2) is 0 Å². The van der Waals surface area contributed by atoms with Gasteiger partial charge in [-0.3, -0.25) is 0 Å². The van der Waals surface area contributed by atoms with Gasteiger partial charge in [0.05, 0.1) is 5.69 Å². The molecule has 1 aromatic heterocycles. The predicted octanol–water partition coefficient (Wildman–Crippen LogP) is 11.6. The fourth-order valence-corrected chi connectivity index (χ4v) is 5.84. The third-order valence-electron chi connectivity index (χ3n) is 7.74. The summed E-state index contributed by atoms with van der Waals surface area (Å²) in [6.45, 7) is 6.21. The van der Waals surface area contributed by atoms with Crippen molar-refractivity contribution < 1.29 is 4.42 Å². The fourth-order valence-electron chi connectivity index (χ4n) is 5.84. The first-order chi connectivity index (χ1) is 20.2. The Balaban J connectivity index is 1.50. The Bertz CT molecular complexity index is 2060. The van der Waals surface area contributed by atoms with Crippen LogP contribution in [0.4, 0.5) is 17.1 Å². The standard InChI is InChI=1S/C39H29NO/c1-3-12-29-25-37(34-16-9-8-15-33(34)32(29)4-2)40(30-21-19-28(20-22-30)27-13-6-5-7-14-27)31-23-24-39-36(26-31)35-17-10-11-18-38(35)41-39/h3-26H,2H2,1H3/b12-3-. The van der Waals surface area contributed by atoms with Crippen molar-refractivity contribution in [1.29, 1.82) is 0 Å². The molecule has 196 valence electrons. The van der Waals surface area contributed by atoms with E-state index in [0.717, 1.165) is 50.1 Å². The lowest BCUT2D eigenvalue weighted by Gasteiger charge is -2.28. The first-order valence-electron chi connectivity index (χ1n) is 13.9. The van der Waals surface area contributed by atoms with E-state index in [2.05, 4.69) is 146 Å². The molecule has 2 nitrogen and oxygen atoms in total. The highest BCUT2D eigenvalue weighted by molar-refractivity contribution is 6.08. The molecule has 0 aliphatic rings. The number of rotatable bonds is 6. The average Bonchev–Trinajstić information content (AvgIpc) is 3.40. The molecule has 0 bridgehead atoms. The molecule has 1 heterocycles. The van der Waals surface area contributed by atoms with Crippen molar-refractivity contribution in [2.75, 3.05) is 4.90 Å². The van der Waals surface area contributed by atoms with Gasteiger partial charge in [-0.2, -0.15) is 0 Å². The molecule has 41 heavy (non-hydrogen) atoms. The Kier molecular flexibility index (Phi) is 6.22. The van der Waals surface area contributed by atoms with Crippen molar-refractivity contribution in [1.82, 2.24) is 0 Å². The smallest absolute Gasteiger partial charge is 0.135 e. The Morgan fingerprint density at radius 2 is 1.22 bits per heavy atom. The molecule has 7 aromatic rings. The Morgan fingerprint density at radius 3 is 1.98 bits per heavy atom. The lowest BCUT2D eigenvalue weighted by molar-refractivity contribution is 0.669. The molecule has 0 amide bonds. The SMILES string of the molecule is C=Cc1c(/C=C\C)cc(N(c2ccc(-c3ccccc3)cc2)c2ccc3oc4ccccc4c3c2)c2ccccc12. The van der Waals surface area contributed by atoms with Crippen molar-refractivity contribution >= 4 is 61.9 Å². The number of hydrogen-bond donors (Lipinski definition) is 0. The molecule has 2 heteroatoms. The van der Waals surface area contributed by atoms with Crippen molar-refractivity contribution in [2.24, 2.45) is 0 Å². The summed E-state index contributed by atoms with van der Waals surface area (Å²) in [7, 11) is 0. The number of anilines is 3. The van der Waals surface area contributed by atoms with Gasteiger partial charge in [0.15, 0.2) is 0 Å². The quantitative estimate of drug-likeness (QED) is 0.214. The van der Waals surface area contributed by atoms with Crippen LogP contribution in [0.25, 0.3) is 56.0 Å². The second-order valence-corrected chi connectivity index (χ2v) is 10.2. The van der Waals surface area contributed by atoms with Crippen LogP contribution < -0.4 is 4.90 Å². The van der Waals surface area contributed by atoms with E-state index in [9.17, 15) is 0 Å². The van der Waals surface area contributed by atoms with Gasteiger partial charge < -0.3 is 9.32 Å². The van der Waals surface area contributed by atoms with E-state index >= 15 is 0 Å². The summed E-state index contributed by atoms with van der Waals surface area (Å²) in [6.07, 6.45) is 6.21. The molecule has 6 aromatic carbocycles. The lowest BCUT2D eigenvalue weighted by Crippen LogP contribution is -2.11. The summed E-state index contributed by atoms with van der Waals surface area (Å²) in [5, 5.41) is 4.56. The Labute approximate surface area is 240 Å². The van der Waals surface area contributed by atoms with Gasteiger partial charge >= 0.3 is 0 Å². The third kappa shape index (κ3) is 4.31. The maximum absolute atomic E-state index is 6.18. The Hall–Kier alpha value is -5.34. The van der Waals surface area contributed by atoms with E-state index < -0.39 is 0 Å². The van der Waals surface area contributed by atoms with E-state index in [0.29, 0.717) is 0 Å². The summed E-state index contributed by atoms with van der Waals surface area (Å²) < 4.78 is 6.18. The highest BCUT2D eigenvalue weighted by Crippen LogP contribution is 2.43. The highest BCUT2D eigenvalue weighted by Gasteiger charge is 2.19. The number of hydrogen-bond acceptors (Lipinski definition) is 2. The maximum Gasteiger partial charge on any atom is 0.135 e. The monoisotopic (exact) mass is 527 g/mol. The molecule has 0 aliphatic carbocycles.